The molecule has 0 spiro atoms. The molecule has 0 aromatic carbocycles. The molecule has 0 bridgehead atoms. The van der Waals surface area contributed by atoms with Gasteiger partial charge in [-0.2, -0.15) is 0 Å². The average Bonchev–Trinajstić information content (AvgIpc) is 3.05. The van der Waals surface area contributed by atoms with E-state index >= 15 is 0 Å². The standard InChI is InChI=1S/C14H22N4O2S/c1-15-9-11-4-5-14(16-10-11)21(19,20)17-12-6-8-18-7-2-3-13(12)18/h4-5,10,12-13,15,17H,2-3,6-9H2,1H3. The second-order valence-electron chi connectivity index (χ2n) is 5.80. The fraction of sp³-hybridized carbons (Fsp3) is 0.643. The topological polar surface area (TPSA) is 74.3 Å². The molecule has 3 rings (SSSR count). The van der Waals surface area contributed by atoms with Gasteiger partial charge >= 0.3 is 0 Å². The Morgan fingerprint density at radius 2 is 2.19 bits per heavy atom. The van der Waals surface area contributed by atoms with Crippen LogP contribution in [0.3, 0.4) is 0 Å². The van der Waals surface area contributed by atoms with Crippen molar-refractivity contribution in [1.29, 1.82) is 0 Å². The fourth-order valence-corrected chi connectivity index (χ4v) is 4.59. The molecule has 2 atom stereocenters. The second-order valence-corrected chi connectivity index (χ2v) is 7.46. The zero-order valence-corrected chi connectivity index (χ0v) is 13.1. The van der Waals surface area contributed by atoms with E-state index in [-0.39, 0.29) is 11.1 Å². The summed E-state index contributed by atoms with van der Waals surface area (Å²) in [6, 6.07) is 3.77. The summed E-state index contributed by atoms with van der Waals surface area (Å²) in [6.45, 7) is 2.77. The molecule has 2 saturated heterocycles. The summed E-state index contributed by atoms with van der Waals surface area (Å²) in [5, 5.41) is 3.13. The molecule has 1 aromatic heterocycles. The number of sulfonamides is 1. The van der Waals surface area contributed by atoms with Crippen molar-refractivity contribution in [2.24, 2.45) is 0 Å². The first-order valence-corrected chi connectivity index (χ1v) is 8.94. The van der Waals surface area contributed by atoms with Crippen molar-refractivity contribution in [3.05, 3.63) is 23.9 Å². The van der Waals surface area contributed by atoms with Gasteiger partial charge in [-0.1, -0.05) is 6.07 Å². The summed E-state index contributed by atoms with van der Waals surface area (Å²) in [7, 11) is -1.68. The molecule has 2 aliphatic rings. The van der Waals surface area contributed by atoms with Gasteiger partial charge in [-0.05, 0) is 44.5 Å². The van der Waals surface area contributed by atoms with Gasteiger partial charge in [0.15, 0.2) is 5.03 Å². The predicted octanol–water partition coefficient (Wildman–Crippen LogP) is 0.316. The van der Waals surface area contributed by atoms with Gasteiger partial charge in [0.1, 0.15) is 0 Å². The largest absolute Gasteiger partial charge is 0.316 e. The summed E-state index contributed by atoms with van der Waals surface area (Å²) in [5.74, 6) is 0. The van der Waals surface area contributed by atoms with Gasteiger partial charge < -0.3 is 5.32 Å². The Labute approximate surface area is 126 Å². The van der Waals surface area contributed by atoms with Gasteiger partial charge in [0.25, 0.3) is 10.0 Å². The summed E-state index contributed by atoms with van der Waals surface area (Å²) in [4.78, 5) is 6.48. The van der Waals surface area contributed by atoms with Crippen molar-refractivity contribution in [2.45, 2.75) is 42.9 Å². The molecule has 2 aliphatic heterocycles. The highest BCUT2D eigenvalue weighted by atomic mass is 32.2. The van der Waals surface area contributed by atoms with E-state index in [2.05, 4.69) is 19.9 Å². The Hall–Kier alpha value is -1.02. The zero-order chi connectivity index (χ0) is 14.9. The molecular weight excluding hydrogens is 288 g/mol. The van der Waals surface area contributed by atoms with E-state index in [0.717, 1.165) is 31.5 Å². The second kappa shape index (κ2) is 6.00. The number of nitrogens with zero attached hydrogens (tertiary/aromatic N) is 2. The number of fused-ring (bicyclic) bond motifs is 1. The van der Waals surface area contributed by atoms with Crippen LogP contribution in [0, 0.1) is 0 Å². The number of aromatic nitrogens is 1. The van der Waals surface area contributed by atoms with Crippen LogP contribution in [0.2, 0.25) is 0 Å². The summed E-state index contributed by atoms with van der Waals surface area (Å²) >= 11 is 0. The Kier molecular flexibility index (Phi) is 4.26. The van der Waals surface area contributed by atoms with Crippen LogP contribution in [-0.2, 0) is 16.6 Å². The average molecular weight is 310 g/mol. The van der Waals surface area contributed by atoms with Crippen LogP contribution in [0.1, 0.15) is 24.8 Å². The Bertz CT molecular complexity index is 587. The van der Waals surface area contributed by atoms with Crippen molar-refractivity contribution in [3.8, 4) is 0 Å². The smallest absolute Gasteiger partial charge is 0.258 e. The minimum atomic E-state index is -3.52. The molecule has 6 nitrogen and oxygen atoms in total. The molecular formula is C14H22N4O2S. The van der Waals surface area contributed by atoms with Crippen molar-refractivity contribution >= 4 is 10.0 Å². The molecule has 0 saturated carbocycles. The Balaban J connectivity index is 1.71. The van der Waals surface area contributed by atoms with E-state index < -0.39 is 10.0 Å². The summed E-state index contributed by atoms with van der Waals surface area (Å²) < 4.78 is 27.7. The van der Waals surface area contributed by atoms with Crippen LogP contribution in [0.5, 0.6) is 0 Å². The van der Waals surface area contributed by atoms with E-state index in [4.69, 9.17) is 0 Å². The van der Waals surface area contributed by atoms with Gasteiger partial charge in [-0.25, -0.2) is 18.1 Å². The lowest BCUT2D eigenvalue weighted by molar-refractivity contribution is 0.309. The van der Waals surface area contributed by atoms with Crippen LogP contribution in [0.4, 0.5) is 0 Å². The number of hydrogen-bond donors (Lipinski definition) is 2. The molecule has 2 N–H and O–H groups in total. The van der Waals surface area contributed by atoms with Gasteiger partial charge in [-0.15, -0.1) is 0 Å². The van der Waals surface area contributed by atoms with E-state index in [1.807, 2.05) is 7.05 Å². The van der Waals surface area contributed by atoms with Crippen LogP contribution < -0.4 is 10.0 Å². The molecule has 2 unspecified atom stereocenters. The predicted molar refractivity (Wildman–Crippen MR) is 80.3 cm³/mol. The van der Waals surface area contributed by atoms with Crippen molar-refractivity contribution < 1.29 is 8.42 Å². The zero-order valence-electron chi connectivity index (χ0n) is 12.2. The van der Waals surface area contributed by atoms with Crippen molar-refractivity contribution in [3.63, 3.8) is 0 Å². The van der Waals surface area contributed by atoms with Crippen LogP contribution in [0.25, 0.3) is 0 Å². The van der Waals surface area contributed by atoms with Gasteiger partial charge in [-0.3, -0.25) is 4.90 Å². The molecule has 7 heteroatoms. The summed E-state index contributed by atoms with van der Waals surface area (Å²) in [5.41, 5.74) is 0.972. The first kappa shape index (κ1) is 14.9. The first-order chi connectivity index (χ1) is 10.1. The Morgan fingerprint density at radius 3 is 2.90 bits per heavy atom. The molecule has 0 aliphatic carbocycles. The Morgan fingerprint density at radius 1 is 1.33 bits per heavy atom. The van der Waals surface area contributed by atoms with E-state index in [1.54, 1.807) is 18.3 Å². The number of hydrogen-bond acceptors (Lipinski definition) is 5. The monoisotopic (exact) mass is 310 g/mol. The molecule has 0 radical (unpaired) electrons. The maximum atomic E-state index is 12.4. The lowest BCUT2D eigenvalue weighted by atomic mass is 10.1. The van der Waals surface area contributed by atoms with E-state index in [1.165, 1.54) is 6.42 Å². The number of rotatable bonds is 5. The van der Waals surface area contributed by atoms with Gasteiger partial charge in [0, 0.05) is 31.4 Å². The highest BCUT2D eigenvalue weighted by molar-refractivity contribution is 7.89. The quantitative estimate of drug-likeness (QED) is 0.819. The molecule has 21 heavy (non-hydrogen) atoms. The normalized spacial score (nSPS) is 26.1. The van der Waals surface area contributed by atoms with E-state index in [9.17, 15) is 8.42 Å². The van der Waals surface area contributed by atoms with Gasteiger partial charge in [0.05, 0.1) is 0 Å². The minimum Gasteiger partial charge on any atom is -0.316 e. The lowest BCUT2D eigenvalue weighted by Crippen LogP contribution is -2.42. The number of pyridine rings is 1. The highest BCUT2D eigenvalue weighted by Gasteiger charge is 2.39. The third-order valence-electron chi connectivity index (χ3n) is 4.37. The maximum Gasteiger partial charge on any atom is 0.258 e. The maximum absolute atomic E-state index is 12.4. The first-order valence-electron chi connectivity index (χ1n) is 7.46. The van der Waals surface area contributed by atoms with E-state index in [0.29, 0.717) is 12.6 Å². The molecule has 1 aromatic rings. The van der Waals surface area contributed by atoms with Crippen molar-refractivity contribution in [2.75, 3.05) is 20.1 Å². The molecule has 116 valence electrons. The highest BCUT2D eigenvalue weighted by Crippen LogP contribution is 2.28. The number of nitrogens with one attached hydrogen (secondary N) is 2. The van der Waals surface area contributed by atoms with Crippen LogP contribution >= 0.6 is 0 Å². The SMILES string of the molecule is CNCc1ccc(S(=O)(=O)NC2CCN3CCCC23)nc1. The third-order valence-corrected chi connectivity index (χ3v) is 5.77. The fourth-order valence-electron chi connectivity index (χ4n) is 3.36. The van der Waals surface area contributed by atoms with Crippen LogP contribution in [-0.4, -0.2) is 50.5 Å². The molecule has 3 heterocycles. The van der Waals surface area contributed by atoms with Crippen LogP contribution in [0.15, 0.2) is 23.4 Å². The molecule has 0 amide bonds. The van der Waals surface area contributed by atoms with Crippen molar-refractivity contribution in [1.82, 2.24) is 19.9 Å². The van der Waals surface area contributed by atoms with Gasteiger partial charge in [0.2, 0.25) is 0 Å². The lowest BCUT2D eigenvalue weighted by Gasteiger charge is -2.20. The third kappa shape index (κ3) is 3.11. The molecule has 2 fully saturated rings. The minimum absolute atomic E-state index is 0.0243. The summed E-state index contributed by atoms with van der Waals surface area (Å²) in [6.07, 6.45) is 4.75.